The second kappa shape index (κ2) is 7.67. The van der Waals surface area contributed by atoms with Crippen molar-refractivity contribution >= 4 is 34.7 Å². The molecule has 0 saturated heterocycles. The van der Waals surface area contributed by atoms with Gasteiger partial charge in [0.05, 0.1) is 9.80 Å². The third-order valence-corrected chi connectivity index (χ3v) is 5.62. The van der Waals surface area contributed by atoms with E-state index in [0.717, 1.165) is 10.4 Å². The molecule has 0 spiro atoms. The number of thioether (sulfide) groups is 1. The van der Waals surface area contributed by atoms with Gasteiger partial charge in [-0.2, -0.15) is 0 Å². The van der Waals surface area contributed by atoms with Crippen molar-refractivity contribution in [2.24, 2.45) is 5.73 Å². The molecule has 0 atom stereocenters. The van der Waals surface area contributed by atoms with Crippen LogP contribution in [0.2, 0.25) is 0 Å². The van der Waals surface area contributed by atoms with Crippen LogP contribution in [0.3, 0.4) is 0 Å². The molecule has 0 unspecified atom stereocenters. The van der Waals surface area contributed by atoms with Crippen molar-refractivity contribution in [2.45, 2.75) is 24.4 Å². The number of nitro benzene ring substituents is 1. The Hall–Kier alpha value is -2.72. The molecule has 0 bridgehead atoms. The molecule has 0 fully saturated rings. The number of carbonyl (C=O) groups is 1. The Balaban J connectivity index is 1.88. The van der Waals surface area contributed by atoms with Gasteiger partial charge < -0.3 is 5.73 Å². The summed E-state index contributed by atoms with van der Waals surface area (Å²) in [6, 6.07) is 8.76. The molecule has 2 heterocycles. The van der Waals surface area contributed by atoms with E-state index in [0.29, 0.717) is 22.3 Å². The molecule has 3 aromatic rings. The number of primary amides is 1. The van der Waals surface area contributed by atoms with Crippen LogP contribution in [0.5, 0.6) is 0 Å². The SMILES string of the molecule is Cc1c(CSc2nnc(-c3cccs3)n2CC(N)=O)cccc1[N+](=O)[O-]. The van der Waals surface area contributed by atoms with E-state index in [9.17, 15) is 14.9 Å². The Kier molecular flexibility index (Phi) is 5.33. The molecule has 8 nitrogen and oxygen atoms in total. The minimum absolute atomic E-state index is 0.0313. The molecular formula is C16H15N5O3S2. The number of thiophene rings is 1. The maximum Gasteiger partial charge on any atom is 0.272 e. The van der Waals surface area contributed by atoms with Crippen molar-refractivity contribution in [2.75, 3.05) is 0 Å². The van der Waals surface area contributed by atoms with Gasteiger partial charge in [-0.1, -0.05) is 30.0 Å². The molecular weight excluding hydrogens is 374 g/mol. The highest BCUT2D eigenvalue weighted by molar-refractivity contribution is 7.98. The van der Waals surface area contributed by atoms with Crippen molar-refractivity contribution in [1.29, 1.82) is 0 Å². The van der Waals surface area contributed by atoms with Crippen molar-refractivity contribution in [3.63, 3.8) is 0 Å². The molecule has 0 radical (unpaired) electrons. The van der Waals surface area contributed by atoms with E-state index >= 15 is 0 Å². The summed E-state index contributed by atoms with van der Waals surface area (Å²) in [7, 11) is 0. The van der Waals surface area contributed by atoms with Crippen LogP contribution in [0, 0.1) is 17.0 Å². The Labute approximate surface area is 157 Å². The highest BCUT2D eigenvalue weighted by atomic mass is 32.2. The fourth-order valence-corrected chi connectivity index (χ4v) is 4.17. The lowest BCUT2D eigenvalue weighted by molar-refractivity contribution is -0.385. The molecule has 26 heavy (non-hydrogen) atoms. The Bertz CT molecular complexity index is 953. The normalized spacial score (nSPS) is 10.8. The molecule has 10 heteroatoms. The van der Waals surface area contributed by atoms with Crippen LogP contribution < -0.4 is 5.73 Å². The summed E-state index contributed by atoms with van der Waals surface area (Å²) in [6.07, 6.45) is 0. The summed E-state index contributed by atoms with van der Waals surface area (Å²) >= 11 is 2.85. The average Bonchev–Trinajstić information content (AvgIpc) is 3.23. The van der Waals surface area contributed by atoms with Crippen LogP contribution in [0.25, 0.3) is 10.7 Å². The Morgan fingerprint density at radius 3 is 2.81 bits per heavy atom. The van der Waals surface area contributed by atoms with Gasteiger partial charge >= 0.3 is 0 Å². The molecule has 2 N–H and O–H groups in total. The zero-order chi connectivity index (χ0) is 18.7. The number of amides is 1. The van der Waals surface area contributed by atoms with Gasteiger partial charge in [0.15, 0.2) is 11.0 Å². The molecule has 1 aromatic carbocycles. The fourth-order valence-electron chi connectivity index (χ4n) is 2.45. The maximum atomic E-state index is 11.5. The van der Waals surface area contributed by atoms with Crippen molar-refractivity contribution in [1.82, 2.24) is 14.8 Å². The molecule has 134 valence electrons. The highest BCUT2D eigenvalue weighted by Crippen LogP contribution is 2.30. The molecule has 3 rings (SSSR count). The number of nitrogens with two attached hydrogens (primary N) is 1. The van der Waals surface area contributed by atoms with E-state index in [1.165, 1.54) is 29.2 Å². The second-order valence-corrected chi connectivity index (χ2v) is 7.33. The van der Waals surface area contributed by atoms with Crippen LogP contribution in [-0.4, -0.2) is 25.6 Å². The van der Waals surface area contributed by atoms with Crippen LogP contribution in [0.4, 0.5) is 5.69 Å². The molecule has 0 aliphatic carbocycles. The predicted octanol–water partition coefficient (Wildman–Crippen LogP) is 3.00. The summed E-state index contributed by atoms with van der Waals surface area (Å²) in [6.45, 7) is 1.69. The predicted molar refractivity (Wildman–Crippen MR) is 99.9 cm³/mol. The number of nitrogens with zero attached hydrogens (tertiary/aromatic N) is 4. The van der Waals surface area contributed by atoms with E-state index in [-0.39, 0.29) is 12.2 Å². The van der Waals surface area contributed by atoms with E-state index in [1.807, 2.05) is 23.6 Å². The summed E-state index contributed by atoms with van der Waals surface area (Å²) < 4.78 is 1.67. The monoisotopic (exact) mass is 389 g/mol. The van der Waals surface area contributed by atoms with Crippen molar-refractivity contribution < 1.29 is 9.72 Å². The number of rotatable bonds is 7. The zero-order valence-electron chi connectivity index (χ0n) is 13.8. The number of benzene rings is 1. The van der Waals surface area contributed by atoms with Crippen LogP contribution >= 0.6 is 23.1 Å². The van der Waals surface area contributed by atoms with E-state index in [1.54, 1.807) is 17.6 Å². The fraction of sp³-hybridized carbons (Fsp3) is 0.188. The lowest BCUT2D eigenvalue weighted by atomic mass is 10.1. The third-order valence-electron chi connectivity index (χ3n) is 3.74. The first-order valence-corrected chi connectivity index (χ1v) is 9.45. The molecule has 0 aliphatic heterocycles. The van der Waals surface area contributed by atoms with E-state index < -0.39 is 10.8 Å². The van der Waals surface area contributed by atoms with Crippen LogP contribution in [-0.2, 0) is 17.1 Å². The summed E-state index contributed by atoms with van der Waals surface area (Å²) in [5, 5.41) is 21.9. The number of hydrogen-bond acceptors (Lipinski definition) is 7. The van der Waals surface area contributed by atoms with Gasteiger partial charge in [-0.3, -0.25) is 19.5 Å². The molecule has 2 aromatic heterocycles. The molecule has 1 amide bonds. The lowest BCUT2D eigenvalue weighted by Gasteiger charge is -2.08. The van der Waals surface area contributed by atoms with Gasteiger partial charge in [0.1, 0.15) is 6.54 Å². The molecule has 0 saturated carbocycles. The van der Waals surface area contributed by atoms with Gasteiger partial charge in [0, 0.05) is 17.4 Å². The Morgan fingerprint density at radius 2 is 2.15 bits per heavy atom. The molecule has 0 aliphatic rings. The largest absolute Gasteiger partial charge is 0.368 e. The van der Waals surface area contributed by atoms with E-state index in [2.05, 4.69) is 10.2 Å². The maximum absolute atomic E-state index is 11.5. The summed E-state index contributed by atoms with van der Waals surface area (Å²) in [5.74, 6) is 0.558. The van der Waals surface area contributed by atoms with Gasteiger partial charge in [0.2, 0.25) is 5.91 Å². The van der Waals surface area contributed by atoms with Gasteiger partial charge in [-0.05, 0) is 23.9 Å². The van der Waals surface area contributed by atoms with Crippen LogP contribution in [0.1, 0.15) is 11.1 Å². The topological polar surface area (TPSA) is 117 Å². The second-order valence-electron chi connectivity index (χ2n) is 5.44. The van der Waals surface area contributed by atoms with E-state index in [4.69, 9.17) is 5.73 Å². The van der Waals surface area contributed by atoms with Gasteiger partial charge in [0.25, 0.3) is 5.69 Å². The first-order chi connectivity index (χ1) is 12.5. The summed E-state index contributed by atoms with van der Waals surface area (Å²) in [4.78, 5) is 23.0. The highest BCUT2D eigenvalue weighted by Gasteiger charge is 2.18. The minimum atomic E-state index is -0.490. The standard InChI is InChI=1S/C16H15N5O3S2/c1-10-11(4-2-5-12(10)21(23)24)9-26-16-19-18-15(13-6-3-7-25-13)20(16)8-14(17)22/h2-7H,8-9H2,1H3,(H2,17,22). The third kappa shape index (κ3) is 3.75. The van der Waals surface area contributed by atoms with Crippen molar-refractivity contribution in [3.05, 3.63) is 57.0 Å². The lowest BCUT2D eigenvalue weighted by Crippen LogP contribution is -2.19. The quantitative estimate of drug-likeness (QED) is 0.377. The van der Waals surface area contributed by atoms with Gasteiger partial charge in [-0.15, -0.1) is 21.5 Å². The van der Waals surface area contributed by atoms with Crippen LogP contribution in [0.15, 0.2) is 40.9 Å². The first-order valence-electron chi connectivity index (χ1n) is 7.58. The Morgan fingerprint density at radius 1 is 1.35 bits per heavy atom. The first kappa shape index (κ1) is 18.1. The number of aromatic nitrogens is 3. The average molecular weight is 389 g/mol. The minimum Gasteiger partial charge on any atom is -0.368 e. The van der Waals surface area contributed by atoms with Gasteiger partial charge in [-0.25, -0.2) is 0 Å². The van der Waals surface area contributed by atoms with Crippen molar-refractivity contribution in [3.8, 4) is 10.7 Å². The number of hydrogen-bond donors (Lipinski definition) is 1. The summed E-state index contributed by atoms with van der Waals surface area (Å²) in [5.41, 5.74) is 6.89. The zero-order valence-corrected chi connectivity index (χ0v) is 15.4. The number of nitro groups is 1. The number of carbonyl (C=O) groups excluding carboxylic acids is 1. The smallest absolute Gasteiger partial charge is 0.272 e.